The van der Waals surface area contributed by atoms with Crippen LogP contribution in [0.5, 0.6) is 0 Å². The van der Waals surface area contributed by atoms with Gasteiger partial charge in [-0.05, 0) is 31.4 Å². The molecule has 5 atom stereocenters. The van der Waals surface area contributed by atoms with E-state index in [9.17, 15) is 19.8 Å². The van der Waals surface area contributed by atoms with Gasteiger partial charge in [0.25, 0.3) is 0 Å². The average molecular weight is 430 g/mol. The summed E-state index contributed by atoms with van der Waals surface area (Å²) in [4.78, 5) is 24.2. The van der Waals surface area contributed by atoms with Crippen molar-refractivity contribution in [2.75, 3.05) is 6.61 Å². The molecule has 1 aliphatic carbocycles. The highest BCUT2D eigenvalue weighted by atomic mass is 35.5. The van der Waals surface area contributed by atoms with Crippen LogP contribution in [0.4, 0.5) is 0 Å². The molecule has 0 aromatic rings. The van der Waals surface area contributed by atoms with Crippen molar-refractivity contribution in [3.05, 3.63) is 24.3 Å². The van der Waals surface area contributed by atoms with E-state index in [0.717, 1.165) is 51.4 Å². The third kappa shape index (κ3) is 6.89. The maximum atomic E-state index is 12.1. The molecule has 0 aromatic carbocycles. The molecule has 0 spiro atoms. The fourth-order valence-corrected chi connectivity index (χ4v) is 4.06. The van der Waals surface area contributed by atoms with Gasteiger partial charge in [-0.3, -0.25) is 9.59 Å². The van der Waals surface area contributed by atoms with Crippen molar-refractivity contribution in [3.8, 4) is 0 Å². The molecular weight excluding hydrogens is 398 g/mol. The number of amides is 1. The van der Waals surface area contributed by atoms with Gasteiger partial charge in [-0.15, -0.1) is 11.6 Å². The molecular formula is C21H32ClNO6. The zero-order valence-electron chi connectivity index (χ0n) is 16.6. The van der Waals surface area contributed by atoms with Crippen molar-refractivity contribution in [1.29, 1.82) is 0 Å². The molecule has 29 heavy (non-hydrogen) atoms. The topological polar surface area (TPSA) is 116 Å². The van der Waals surface area contributed by atoms with Gasteiger partial charge < -0.3 is 25.4 Å². The summed E-state index contributed by atoms with van der Waals surface area (Å²) >= 11 is 6.07. The molecule has 0 radical (unpaired) electrons. The number of rotatable bonds is 11. The van der Waals surface area contributed by atoms with Gasteiger partial charge in [0, 0.05) is 13.0 Å². The van der Waals surface area contributed by atoms with Gasteiger partial charge in [-0.1, -0.05) is 44.3 Å². The lowest BCUT2D eigenvalue weighted by molar-refractivity contribution is -0.239. The lowest BCUT2D eigenvalue weighted by Crippen LogP contribution is -2.66. The van der Waals surface area contributed by atoms with E-state index in [0.29, 0.717) is 0 Å². The minimum atomic E-state index is -1.86. The molecule has 0 bridgehead atoms. The molecule has 7 nitrogen and oxygen atoms in total. The molecule has 1 fully saturated rings. The lowest BCUT2D eigenvalue weighted by atomic mass is 9.78. The highest BCUT2D eigenvalue weighted by Crippen LogP contribution is 2.36. The van der Waals surface area contributed by atoms with Crippen molar-refractivity contribution in [2.45, 2.75) is 87.2 Å². The fourth-order valence-electron chi connectivity index (χ4n) is 3.72. The first kappa shape index (κ1) is 24.0. The number of ether oxygens (including phenoxy) is 1. The fraction of sp³-hybridized carbons (Fsp3) is 0.714. The summed E-state index contributed by atoms with van der Waals surface area (Å²) < 4.78 is 5.34. The molecule has 164 valence electrons. The first-order valence-corrected chi connectivity index (χ1v) is 10.8. The van der Waals surface area contributed by atoms with Crippen LogP contribution in [0.15, 0.2) is 24.3 Å². The molecule has 2 rings (SSSR count). The summed E-state index contributed by atoms with van der Waals surface area (Å²) in [5, 5.41) is 31.4. The van der Waals surface area contributed by atoms with E-state index in [4.69, 9.17) is 21.4 Å². The number of fused-ring (bicyclic) bond motifs is 1. The molecule has 0 saturated carbocycles. The van der Waals surface area contributed by atoms with Crippen LogP contribution in [0.25, 0.3) is 0 Å². The number of hydrogen-bond acceptors (Lipinski definition) is 6. The smallest absolute Gasteiger partial charge is 0.244 e. The van der Waals surface area contributed by atoms with Crippen LogP contribution in [0.1, 0.15) is 57.8 Å². The Bertz CT molecular complexity index is 610. The number of halogens is 1. The zero-order chi connectivity index (χ0) is 21.3. The minimum absolute atomic E-state index is 0.166. The summed E-state index contributed by atoms with van der Waals surface area (Å²) in [6.07, 6.45) is 11.5. The van der Waals surface area contributed by atoms with Gasteiger partial charge in [0.15, 0.2) is 17.7 Å². The molecule has 1 amide bonds. The molecule has 1 aliphatic heterocycles. The number of nitrogens with one attached hydrogen (secondary N) is 1. The summed E-state index contributed by atoms with van der Waals surface area (Å²) in [5.41, 5.74) is -1.86. The van der Waals surface area contributed by atoms with Crippen LogP contribution in [-0.2, 0) is 14.3 Å². The molecule has 4 N–H and O–H groups in total. The second-order valence-corrected chi connectivity index (χ2v) is 8.25. The largest absolute Gasteiger partial charge is 0.396 e. The average Bonchev–Trinajstić information content (AvgIpc) is 2.68. The summed E-state index contributed by atoms with van der Waals surface area (Å²) in [6.45, 7) is 0.261. The van der Waals surface area contributed by atoms with Crippen LogP contribution in [0.3, 0.4) is 0 Å². The van der Waals surface area contributed by atoms with Crippen LogP contribution >= 0.6 is 11.6 Å². The predicted octanol–water partition coefficient (Wildman–Crippen LogP) is 1.73. The maximum absolute atomic E-state index is 12.1. The first-order chi connectivity index (χ1) is 13.9. The highest BCUT2D eigenvalue weighted by molar-refractivity contribution is 6.23. The molecule has 8 heteroatoms. The second-order valence-electron chi connectivity index (χ2n) is 7.75. The highest BCUT2D eigenvalue weighted by Gasteiger charge is 2.55. The zero-order valence-corrected chi connectivity index (χ0v) is 17.4. The van der Waals surface area contributed by atoms with Crippen molar-refractivity contribution in [3.63, 3.8) is 0 Å². The van der Waals surface area contributed by atoms with E-state index < -0.39 is 41.1 Å². The van der Waals surface area contributed by atoms with Gasteiger partial charge in [0.05, 0.1) is 11.4 Å². The summed E-state index contributed by atoms with van der Waals surface area (Å²) in [7, 11) is 0. The SMILES string of the molecule is O=C(/C=C/CCCCCCCCCO)N[C@H]1C[C@@]2(O)C(=O)C=C[C@@H](Cl)[C@@H]2O[C@H]1O. The van der Waals surface area contributed by atoms with Gasteiger partial charge in [-0.25, -0.2) is 0 Å². The number of carbonyl (C=O) groups is 2. The normalized spacial score (nSPS) is 31.8. The van der Waals surface area contributed by atoms with E-state index in [2.05, 4.69) is 5.32 Å². The monoisotopic (exact) mass is 429 g/mol. The molecule has 1 heterocycles. The van der Waals surface area contributed by atoms with E-state index >= 15 is 0 Å². The molecule has 2 aliphatic rings. The van der Waals surface area contributed by atoms with Gasteiger partial charge in [-0.2, -0.15) is 0 Å². The van der Waals surface area contributed by atoms with Gasteiger partial charge in [0.1, 0.15) is 6.10 Å². The third-order valence-electron chi connectivity index (χ3n) is 5.41. The van der Waals surface area contributed by atoms with Gasteiger partial charge >= 0.3 is 0 Å². The number of unbranched alkanes of at least 4 members (excludes halogenated alkanes) is 7. The molecule has 1 saturated heterocycles. The van der Waals surface area contributed by atoms with E-state index in [1.165, 1.54) is 18.2 Å². The number of aliphatic hydroxyl groups excluding tert-OH is 2. The maximum Gasteiger partial charge on any atom is 0.244 e. The number of allylic oxidation sites excluding steroid dienone is 1. The molecule has 0 unspecified atom stereocenters. The van der Waals surface area contributed by atoms with E-state index in [-0.39, 0.29) is 13.0 Å². The van der Waals surface area contributed by atoms with Gasteiger partial charge in [0.2, 0.25) is 5.91 Å². The second kappa shape index (κ2) is 11.8. The Balaban J connectivity index is 1.70. The number of alkyl halides is 1. The van der Waals surface area contributed by atoms with Crippen molar-refractivity contribution < 1.29 is 29.6 Å². The number of hydrogen-bond donors (Lipinski definition) is 4. The van der Waals surface area contributed by atoms with E-state index in [1.54, 1.807) is 6.08 Å². The quantitative estimate of drug-likeness (QED) is 0.226. The van der Waals surface area contributed by atoms with Crippen LogP contribution in [-0.4, -0.2) is 63.0 Å². The van der Waals surface area contributed by atoms with Crippen LogP contribution in [0.2, 0.25) is 0 Å². The summed E-state index contributed by atoms with van der Waals surface area (Å²) in [5.74, 6) is -0.956. The Kier molecular flexibility index (Phi) is 9.79. The molecule has 0 aromatic heterocycles. The predicted molar refractivity (Wildman–Crippen MR) is 109 cm³/mol. The summed E-state index contributed by atoms with van der Waals surface area (Å²) in [6, 6.07) is -0.911. The Hall–Kier alpha value is -1.25. The first-order valence-electron chi connectivity index (χ1n) is 10.4. The standard InChI is InChI=1S/C21H32ClNO6/c22-15-11-12-17(25)21(28)14-16(20(27)29-19(15)21)23-18(26)10-8-6-4-2-1-3-5-7-9-13-24/h8,10-12,15-16,19-20,24,27-28H,1-7,9,13-14H2,(H,23,26)/b10-8+/t15-,16+,19+,20-,21-/m1/s1. The Morgan fingerprint density at radius 1 is 1.24 bits per heavy atom. The van der Waals surface area contributed by atoms with Crippen molar-refractivity contribution >= 4 is 23.3 Å². The number of carbonyl (C=O) groups excluding carboxylic acids is 2. The van der Waals surface area contributed by atoms with Crippen LogP contribution < -0.4 is 5.32 Å². The number of ketones is 1. The Morgan fingerprint density at radius 3 is 2.59 bits per heavy atom. The Morgan fingerprint density at radius 2 is 1.90 bits per heavy atom. The van der Waals surface area contributed by atoms with E-state index in [1.807, 2.05) is 0 Å². The third-order valence-corrected chi connectivity index (χ3v) is 5.78. The van der Waals surface area contributed by atoms with Crippen molar-refractivity contribution in [2.24, 2.45) is 0 Å². The minimum Gasteiger partial charge on any atom is -0.396 e. The Labute approximate surface area is 176 Å². The lowest BCUT2D eigenvalue weighted by Gasteiger charge is -2.46. The van der Waals surface area contributed by atoms with Crippen molar-refractivity contribution in [1.82, 2.24) is 5.32 Å². The van der Waals surface area contributed by atoms with Crippen LogP contribution in [0, 0.1) is 0 Å². The number of aliphatic hydroxyl groups is 3.